The lowest BCUT2D eigenvalue weighted by Crippen LogP contribution is -2.49. The SMILES string of the molecule is CC(=O)c1csc(C(=O)N2CCN([C@H](C)c3ccccn3)CC2)c1. The van der Waals surface area contributed by atoms with Crippen LogP contribution in [0.3, 0.4) is 0 Å². The maximum atomic E-state index is 12.6. The van der Waals surface area contributed by atoms with Gasteiger partial charge >= 0.3 is 0 Å². The van der Waals surface area contributed by atoms with Gasteiger partial charge in [-0.1, -0.05) is 6.07 Å². The molecule has 0 N–H and O–H groups in total. The van der Waals surface area contributed by atoms with Crippen molar-refractivity contribution in [2.24, 2.45) is 0 Å². The van der Waals surface area contributed by atoms with Crippen molar-refractivity contribution >= 4 is 23.0 Å². The molecule has 3 rings (SSSR count). The molecule has 0 radical (unpaired) electrons. The first-order valence-corrected chi connectivity index (χ1v) is 8.98. The van der Waals surface area contributed by atoms with Gasteiger partial charge < -0.3 is 4.90 Å². The van der Waals surface area contributed by atoms with Gasteiger partial charge in [-0.3, -0.25) is 19.5 Å². The molecule has 3 heterocycles. The summed E-state index contributed by atoms with van der Waals surface area (Å²) < 4.78 is 0. The van der Waals surface area contributed by atoms with E-state index in [-0.39, 0.29) is 17.7 Å². The predicted molar refractivity (Wildman–Crippen MR) is 94.5 cm³/mol. The number of Topliss-reactive ketones (excluding diaryl/α,β-unsaturated/α-hetero) is 1. The van der Waals surface area contributed by atoms with E-state index in [9.17, 15) is 9.59 Å². The molecule has 24 heavy (non-hydrogen) atoms. The lowest BCUT2D eigenvalue weighted by Gasteiger charge is -2.37. The van der Waals surface area contributed by atoms with Gasteiger partial charge in [0.2, 0.25) is 0 Å². The minimum atomic E-state index is -0.000643. The van der Waals surface area contributed by atoms with Gasteiger partial charge in [-0.05, 0) is 32.0 Å². The van der Waals surface area contributed by atoms with Crippen LogP contribution < -0.4 is 0 Å². The molecule has 1 aliphatic rings. The summed E-state index contributed by atoms with van der Waals surface area (Å²) in [6.45, 7) is 6.72. The summed E-state index contributed by atoms with van der Waals surface area (Å²) in [5.41, 5.74) is 1.67. The molecule has 1 aliphatic heterocycles. The molecule has 1 fully saturated rings. The third kappa shape index (κ3) is 3.55. The minimum absolute atomic E-state index is 0.000643. The number of thiophene rings is 1. The molecule has 2 aromatic rings. The van der Waals surface area contributed by atoms with Crippen LogP contribution in [-0.4, -0.2) is 52.7 Å². The summed E-state index contributed by atoms with van der Waals surface area (Å²) in [4.78, 5) is 33.2. The van der Waals surface area contributed by atoms with Crippen LogP contribution in [0, 0.1) is 0 Å². The minimum Gasteiger partial charge on any atom is -0.335 e. The van der Waals surface area contributed by atoms with E-state index in [1.54, 1.807) is 11.4 Å². The van der Waals surface area contributed by atoms with Crippen LogP contribution in [0.15, 0.2) is 35.8 Å². The molecule has 0 spiro atoms. The molecular formula is C18H21N3O2S. The van der Waals surface area contributed by atoms with Crippen molar-refractivity contribution in [1.29, 1.82) is 0 Å². The highest BCUT2D eigenvalue weighted by molar-refractivity contribution is 7.12. The largest absolute Gasteiger partial charge is 0.335 e. The van der Waals surface area contributed by atoms with Gasteiger partial charge in [0.1, 0.15) is 0 Å². The van der Waals surface area contributed by atoms with Crippen molar-refractivity contribution in [2.75, 3.05) is 26.2 Å². The van der Waals surface area contributed by atoms with Gasteiger partial charge in [-0.2, -0.15) is 0 Å². The maximum absolute atomic E-state index is 12.6. The highest BCUT2D eigenvalue weighted by atomic mass is 32.1. The van der Waals surface area contributed by atoms with Crippen LogP contribution in [0.4, 0.5) is 0 Å². The predicted octanol–water partition coefficient (Wildman–Crippen LogP) is 2.86. The molecule has 0 aliphatic carbocycles. The Balaban J connectivity index is 1.60. The second kappa shape index (κ2) is 7.23. The molecule has 126 valence electrons. The normalized spacial score (nSPS) is 16.8. The molecule has 5 nitrogen and oxygen atoms in total. The first-order valence-electron chi connectivity index (χ1n) is 8.10. The number of carbonyl (C=O) groups excluding carboxylic acids is 2. The van der Waals surface area contributed by atoms with E-state index in [1.165, 1.54) is 18.3 Å². The smallest absolute Gasteiger partial charge is 0.264 e. The fraction of sp³-hybridized carbons (Fsp3) is 0.389. The molecule has 0 aromatic carbocycles. The van der Waals surface area contributed by atoms with Gasteiger partial charge in [0.25, 0.3) is 5.91 Å². The van der Waals surface area contributed by atoms with Gasteiger partial charge in [0.15, 0.2) is 5.78 Å². The van der Waals surface area contributed by atoms with E-state index in [0.717, 1.165) is 18.8 Å². The Morgan fingerprint density at radius 3 is 2.54 bits per heavy atom. The van der Waals surface area contributed by atoms with E-state index in [4.69, 9.17) is 0 Å². The average Bonchev–Trinajstić information content (AvgIpc) is 3.12. The Labute approximate surface area is 145 Å². The van der Waals surface area contributed by atoms with Crippen molar-refractivity contribution in [3.63, 3.8) is 0 Å². The zero-order valence-electron chi connectivity index (χ0n) is 13.9. The number of ketones is 1. The van der Waals surface area contributed by atoms with Crippen molar-refractivity contribution in [2.45, 2.75) is 19.9 Å². The zero-order valence-corrected chi connectivity index (χ0v) is 14.8. The monoisotopic (exact) mass is 343 g/mol. The van der Waals surface area contributed by atoms with Gasteiger partial charge in [0, 0.05) is 49.4 Å². The van der Waals surface area contributed by atoms with Crippen LogP contribution in [0.2, 0.25) is 0 Å². The second-order valence-corrected chi connectivity index (χ2v) is 6.93. The topological polar surface area (TPSA) is 53.5 Å². The summed E-state index contributed by atoms with van der Waals surface area (Å²) >= 11 is 1.35. The number of nitrogens with zero attached hydrogens (tertiary/aromatic N) is 3. The Hall–Kier alpha value is -2.05. The number of aromatic nitrogens is 1. The molecule has 2 aromatic heterocycles. The Bertz CT molecular complexity index is 721. The summed E-state index contributed by atoms with van der Waals surface area (Å²) in [7, 11) is 0. The number of hydrogen-bond donors (Lipinski definition) is 0. The van der Waals surface area contributed by atoms with Crippen molar-refractivity contribution in [1.82, 2.24) is 14.8 Å². The van der Waals surface area contributed by atoms with Crippen LogP contribution in [-0.2, 0) is 0 Å². The van der Waals surface area contributed by atoms with Gasteiger partial charge in [-0.25, -0.2) is 0 Å². The quantitative estimate of drug-likeness (QED) is 0.801. The molecule has 0 bridgehead atoms. The molecule has 1 saturated heterocycles. The highest BCUT2D eigenvalue weighted by Crippen LogP contribution is 2.22. The van der Waals surface area contributed by atoms with Crippen LogP contribution >= 0.6 is 11.3 Å². The Morgan fingerprint density at radius 2 is 1.96 bits per heavy atom. The number of hydrogen-bond acceptors (Lipinski definition) is 5. The highest BCUT2D eigenvalue weighted by Gasteiger charge is 2.26. The van der Waals surface area contributed by atoms with E-state index >= 15 is 0 Å². The van der Waals surface area contributed by atoms with E-state index in [2.05, 4.69) is 16.8 Å². The number of rotatable bonds is 4. The lowest BCUT2D eigenvalue weighted by atomic mass is 10.1. The van der Waals surface area contributed by atoms with Crippen LogP contribution in [0.5, 0.6) is 0 Å². The third-order valence-electron chi connectivity index (χ3n) is 4.48. The number of piperazine rings is 1. The van der Waals surface area contributed by atoms with Gasteiger partial charge in [0.05, 0.1) is 10.6 Å². The van der Waals surface area contributed by atoms with E-state index in [0.29, 0.717) is 23.5 Å². The summed E-state index contributed by atoms with van der Waals surface area (Å²) in [5, 5.41) is 1.76. The zero-order chi connectivity index (χ0) is 17.1. The lowest BCUT2D eigenvalue weighted by molar-refractivity contribution is 0.0583. The first kappa shape index (κ1) is 16.8. The van der Waals surface area contributed by atoms with Crippen LogP contribution in [0.25, 0.3) is 0 Å². The molecule has 6 heteroatoms. The molecule has 1 amide bonds. The standard InChI is InChI=1S/C18H21N3O2S/c1-13(16-5-3-4-6-19-16)20-7-9-21(10-8-20)18(23)17-11-15(12-24-17)14(2)22/h3-6,11-13H,7-10H2,1-2H3/t13-/m1/s1. The summed E-state index contributed by atoms with van der Waals surface area (Å²) in [6.07, 6.45) is 1.81. The summed E-state index contributed by atoms with van der Waals surface area (Å²) in [6, 6.07) is 7.91. The molecule has 1 atom stereocenters. The molecule has 0 unspecified atom stereocenters. The van der Waals surface area contributed by atoms with Crippen molar-refractivity contribution < 1.29 is 9.59 Å². The molecular weight excluding hydrogens is 322 g/mol. The van der Waals surface area contributed by atoms with Gasteiger partial charge in [-0.15, -0.1) is 11.3 Å². The number of pyridine rings is 1. The third-order valence-corrected chi connectivity index (χ3v) is 5.40. The Kier molecular flexibility index (Phi) is 5.06. The fourth-order valence-electron chi connectivity index (χ4n) is 2.91. The summed E-state index contributed by atoms with van der Waals surface area (Å²) in [5.74, 6) is 0.0249. The average molecular weight is 343 g/mol. The Morgan fingerprint density at radius 1 is 1.21 bits per heavy atom. The van der Waals surface area contributed by atoms with E-state index < -0.39 is 0 Å². The van der Waals surface area contributed by atoms with Crippen LogP contribution in [0.1, 0.15) is 45.6 Å². The second-order valence-electron chi connectivity index (χ2n) is 6.01. The number of carbonyl (C=O) groups is 2. The van der Waals surface area contributed by atoms with Crippen molar-refractivity contribution in [3.05, 3.63) is 52.0 Å². The number of amides is 1. The fourth-order valence-corrected chi connectivity index (χ4v) is 3.82. The van der Waals surface area contributed by atoms with E-state index in [1.807, 2.05) is 29.3 Å². The van der Waals surface area contributed by atoms with Crippen molar-refractivity contribution in [3.8, 4) is 0 Å². The molecule has 0 saturated carbocycles. The first-order chi connectivity index (χ1) is 11.6. The maximum Gasteiger partial charge on any atom is 0.264 e.